The van der Waals surface area contributed by atoms with Crippen molar-refractivity contribution >= 4 is 20.8 Å². The van der Waals surface area contributed by atoms with E-state index in [-0.39, 0.29) is 5.92 Å². The van der Waals surface area contributed by atoms with E-state index in [1.54, 1.807) is 12.1 Å². The highest BCUT2D eigenvalue weighted by Gasteiger charge is 2.24. The van der Waals surface area contributed by atoms with E-state index in [0.717, 1.165) is 24.8 Å². The van der Waals surface area contributed by atoms with Crippen LogP contribution in [0.25, 0.3) is 10.8 Å². The fraction of sp³-hybridized carbons (Fsp3) is 0.273. The number of hydrogen-bond donors (Lipinski definition) is 1. The molecule has 0 fully saturated rings. The average Bonchev–Trinajstić information content (AvgIpc) is 2.66. The van der Waals surface area contributed by atoms with Crippen molar-refractivity contribution in [3.63, 3.8) is 0 Å². The van der Waals surface area contributed by atoms with E-state index in [0.29, 0.717) is 11.4 Å². The third-order valence-corrected chi connectivity index (χ3v) is 6.79. The van der Waals surface area contributed by atoms with Gasteiger partial charge in [0, 0.05) is 6.54 Å². The zero-order valence-corrected chi connectivity index (χ0v) is 15.7. The fourth-order valence-corrected chi connectivity index (χ4v) is 5.00. The highest BCUT2D eigenvalue weighted by atomic mass is 32.2. The molecule has 1 aliphatic rings. The Bertz CT molecular complexity index is 1040. The van der Waals surface area contributed by atoms with Crippen molar-refractivity contribution in [1.82, 2.24) is 4.72 Å². The molecule has 0 spiro atoms. The van der Waals surface area contributed by atoms with Crippen molar-refractivity contribution in [2.75, 3.05) is 6.54 Å². The quantitative estimate of drug-likeness (QED) is 0.737. The summed E-state index contributed by atoms with van der Waals surface area (Å²) < 4.78 is 28.0. The van der Waals surface area contributed by atoms with Crippen molar-refractivity contribution in [1.29, 1.82) is 0 Å². The van der Waals surface area contributed by atoms with Gasteiger partial charge in [-0.3, -0.25) is 0 Å². The standard InChI is InChI=1S/C22H23NO2S/c1-16-9-12-19(13-10-16)26(24,25)23-15-18-6-4-8-22-20-7-3-2-5-17(20)11-14-21(18)22/h2-3,5,7,9-14,18,23H,4,6,8,15H2,1H3. The number of rotatable bonds is 4. The Hall–Kier alpha value is -2.17. The maximum Gasteiger partial charge on any atom is 0.240 e. The van der Waals surface area contributed by atoms with Gasteiger partial charge in [0.05, 0.1) is 4.90 Å². The van der Waals surface area contributed by atoms with Crippen LogP contribution in [0.5, 0.6) is 0 Å². The summed E-state index contributed by atoms with van der Waals surface area (Å²) in [4.78, 5) is 0.331. The number of aryl methyl sites for hydroxylation is 2. The molecule has 3 aromatic rings. The van der Waals surface area contributed by atoms with E-state index in [1.807, 2.05) is 19.1 Å². The molecule has 0 heterocycles. The predicted molar refractivity (Wildman–Crippen MR) is 106 cm³/mol. The number of sulfonamides is 1. The first-order valence-electron chi connectivity index (χ1n) is 9.11. The lowest BCUT2D eigenvalue weighted by Crippen LogP contribution is -2.30. The molecule has 3 nitrogen and oxygen atoms in total. The molecular formula is C22H23NO2S. The minimum Gasteiger partial charge on any atom is -0.211 e. The van der Waals surface area contributed by atoms with Gasteiger partial charge in [-0.2, -0.15) is 0 Å². The molecule has 1 N–H and O–H groups in total. The highest BCUT2D eigenvalue weighted by Crippen LogP contribution is 2.35. The molecule has 0 radical (unpaired) electrons. The van der Waals surface area contributed by atoms with Crippen LogP contribution in [0.1, 0.15) is 35.4 Å². The van der Waals surface area contributed by atoms with Gasteiger partial charge in [-0.1, -0.05) is 54.1 Å². The zero-order chi connectivity index (χ0) is 18.1. The van der Waals surface area contributed by atoms with Gasteiger partial charge in [-0.25, -0.2) is 13.1 Å². The Morgan fingerprint density at radius 3 is 2.58 bits per heavy atom. The van der Waals surface area contributed by atoms with Crippen LogP contribution < -0.4 is 4.72 Å². The second kappa shape index (κ2) is 6.86. The van der Waals surface area contributed by atoms with Crippen molar-refractivity contribution < 1.29 is 8.42 Å². The molecule has 1 aliphatic carbocycles. The summed E-state index contributed by atoms with van der Waals surface area (Å²) >= 11 is 0. The maximum absolute atomic E-state index is 12.6. The first-order chi connectivity index (χ1) is 12.5. The Morgan fingerprint density at radius 1 is 1.00 bits per heavy atom. The minimum atomic E-state index is -3.47. The smallest absolute Gasteiger partial charge is 0.211 e. The topological polar surface area (TPSA) is 46.2 Å². The van der Waals surface area contributed by atoms with E-state index in [4.69, 9.17) is 0 Å². The van der Waals surface area contributed by atoms with E-state index >= 15 is 0 Å². The number of benzene rings is 3. The summed E-state index contributed by atoms with van der Waals surface area (Å²) in [6.45, 7) is 2.40. The molecule has 134 valence electrons. The SMILES string of the molecule is Cc1ccc(S(=O)(=O)NCC2CCCc3c2ccc2ccccc32)cc1. The molecule has 0 aromatic heterocycles. The van der Waals surface area contributed by atoms with Crippen LogP contribution >= 0.6 is 0 Å². The molecule has 0 bridgehead atoms. The monoisotopic (exact) mass is 365 g/mol. The largest absolute Gasteiger partial charge is 0.240 e. The summed E-state index contributed by atoms with van der Waals surface area (Å²) in [5.41, 5.74) is 3.73. The molecular weight excluding hydrogens is 342 g/mol. The van der Waals surface area contributed by atoms with Crippen LogP contribution in [0, 0.1) is 6.92 Å². The van der Waals surface area contributed by atoms with Gasteiger partial charge in [0.1, 0.15) is 0 Å². The van der Waals surface area contributed by atoms with E-state index < -0.39 is 10.0 Å². The van der Waals surface area contributed by atoms with Gasteiger partial charge in [-0.15, -0.1) is 0 Å². The third-order valence-electron chi connectivity index (χ3n) is 5.35. The second-order valence-corrected chi connectivity index (χ2v) is 8.88. The Kier molecular flexibility index (Phi) is 4.55. The van der Waals surface area contributed by atoms with E-state index in [9.17, 15) is 8.42 Å². The number of nitrogens with one attached hydrogen (secondary N) is 1. The number of hydrogen-bond acceptors (Lipinski definition) is 2. The summed E-state index contributed by atoms with van der Waals surface area (Å²) in [6, 6.07) is 19.8. The molecule has 0 aliphatic heterocycles. The van der Waals surface area contributed by atoms with Crippen LogP contribution in [-0.4, -0.2) is 15.0 Å². The van der Waals surface area contributed by atoms with E-state index in [1.165, 1.54) is 21.9 Å². The molecule has 3 aromatic carbocycles. The Morgan fingerprint density at radius 2 is 1.77 bits per heavy atom. The molecule has 4 heteroatoms. The van der Waals surface area contributed by atoms with Crippen LogP contribution in [0.2, 0.25) is 0 Å². The Balaban J connectivity index is 1.59. The van der Waals surface area contributed by atoms with Gasteiger partial charge < -0.3 is 0 Å². The van der Waals surface area contributed by atoms with Crippen LogP contribution in [0.15, 0.2) is 65.6 Å². The van der Waals surface area contributed by atoms with E-state index in [2.05, 4.69) is 41.1 Å². The van der Waals surface area contributed by atoms with Crippen LogP contribution in [0.4, 0.5) is 0 Å². The summed E-state index contributed by atoms with van der Waals surface area (Å²) in [7, 11) is -3.47. The molecule has 26 heavy (non-hydrogen) atoms. The zero-order valence-electron chi connectivity index (χ0n) is 14.9. The van der Waals surface area contributed by atoms with Gasteiger partial charge in [0.2, 0.25) is 10.0 Å². The lowest BCUT2D eigenvalue weighted by atomic mass is 9.80. The second-order valence-electron chi connectivity index (χ2n) is 7.11. The summed E-state index contributed by atoms with van der Waals surface area (Å²) in [5.74, 6) is 0.226. The molecule has 0 amide bonds. The lowest BCUT2D eigenvalue weighted by Gasteiger charge is -2.27. The van der Waals surface area contributed by atoms with Gasteiger partial charge in [0.15, 0.2) is 0 Å². The minimum absolute atomic E-state index is 0.226. The first-order valence-corrected chi connectivity index (χ1v) is 10.6. The van der Waals surface area contributed by atoms with Gasteiger partial charge in [0.25, 0.3) is 0 Å². The molecule has 4 rings (SSSR count). The lowest BCUT2D eigenvalue weighted by molar-refractivity contribution is 0.530. The first kappa shape index (κ1) is 17.3. The van der Waals surface area contributed by atoms with Crippen molar-refractivity contribution in [2.24, 2.45) is 0 Å². The maximum atomic E-state index is 12.6. The predicted octanol–water partition coefficient (Wildman–Crippen LogP) is 4.55. The summed E-state index contributed by atoms with van der Waals surface area (Å²) in [6.07, 6.45) is 3.18. The van der Waals surface area contributed by atoms with Crippen molar-refractivity contribution in [2.45, 2.75) is 37.0 Å². The summed E-state index contributed by atoms with van der Waals surface area (Å²) in [5, 5.41) is 2.56. The fourth-order valence-electron chi connectivity index (χ4n) is 3.92. The van der Waals surface area contributed by atoms with Gasteiger partial charge >= 0.3 is 0 Å². The highest BCUT2D eigenvalue weighted by molar-refractivity contribution is 7.89. The van der Waals surface area contributed by atoms with Gasteiger partial charge in [-0.05, 0) is 66.1 Å². The Labute approximate surface area is 155 Å². The van der Waals surface area contributed by atoms with Crippen LogP contribution in [-0.2, 0) is 16.4 Å². The molecule has 1 unspecified atom stereocenters. The molecule has 0 saturated heterocycles. The third kappa shape index (κ3) is 3.27. The normalized spacial score (nSPS) is 17.2. The molecule has 0 saturated carbocycles. The average molecular weight is 365 g/mol. The van der Waals surface area contributed by atoms with Crippen molar-refractivity contribution in [3.05, 3.63) is 77.4 Å². The van der Waals surface area contributed by atoms with Crippen molar-refractivity contribution in [3.8, 4) is 0 Å². The molecule has 1 atom stereocenters. The van der Waals surface area contributed by atoms with Crippen LogP contribution in [0.3, 0.4) is 0 Å². The number of fused-ring (bicyclic) bond motifs is 3.